The van der Waals surface area contributed by atoms with Gasteiger partial charge in [0.15, 0.2) is 5.84 Å². The monoisotopic (exact) mass is 414 g/mol. The van der Waals surface area contributed by atoms with Gasteiger partial charge in [-0.25, -0.2) is 14.0 Å². The maximum atomic E-state index is 13.2. The summed E-state index contributed by atoms with van der Waals surface area (Å²) in [5.41, 5.74) is 1.94. The van der Waals surface area contributed by atoms with Crippen LogP contribution < -0.4 is 15.5 Å². The van der Waals surface area contributed by atoms with Crippen molar-refractivity contribution in [1.29, 1.82) is 0 Å². The van der Waals surface area contributed by atoms with Crippen LogP contribution in [-0.4, -0.2) is 65.3 Å². The number of nitrogens with zero attached hydrogens (tertiary/aromatic N) is 4. The summed E-state index contributed by atoms with van der Waals surface area (Å²) in [6, 6.07) is 3.66. The Kier molecular flexibility index (Phi) is 7.23. The molecule has 0 saturated heterocycles. The molecule has 2 amide bonds. The second-order valence-corrected chi connectivity index (χ2v) is 5.80. The smallest absolute Gasteiger partial charge is 0.311 e. The molecular formula is C15H16ClFN6O5. The third-order valence-electron chi connectivity index (χ3n) is 3.16. The van der Waals surface area contributed by atoms with Gasteiger partial charge in [-0.05, 0) is 28.5 Å². The minimum Gasteiger partial charge on any atom is -0.472 e. The third-order valence-corrected chi connectivity index (χ3v) is 3.45. The zero-order valence-electron chi connectivity index (χ0n) is 14.8. The summed E-state index contributed by atoms with van der Waals surface area (Å²) in [4.78, 5) is 28.1. The first-order valence-corrected chi connectivity index (χ1v) is 8.10. The lowest BCUT2D eigenvalue weighted by molar-refractivity contribution is -0.144. The molecular weight excluding hydrogens is 399 g/mol. The Morgan fingerprint density at radius 1 is 1.39 bits per heavy atom. The standard InChI is InChI=1S/C15H16ClFN6O5/c1-23(2)15(25)13(24)18-5-6-27-14-11(21-28-22-14)12(20-26)19-8-3-4-10(17)9(16)7-8/h3-4,7,26H,5-6H2,1-2H3,(H,18,24)(H,19,20). The zero-order chi connectivity index (χ0) is 20.7. The van der Waals surface area contributed by atoms with Crippen molar-refractivity contribution in [2.75, 3.05) is 27.2 Å². The van der Waals surface area contributed by atoms with E-state index in [1.807, 2.05) is 5.48 Å². The Morgan fingerprint density at radius 2 is 2.14 bits per heavy atom. The Hall–Kier alpha value is -3.25. The Balaban J connectivity index is 2.03. The summed E-state index contributed by atoms with van der Waals surface area (Å²) in [6.07, 6.45) is 0. The summed E-state index contributed by atoms with van der Waals surface area (Å²) in [5, 5.41) is 18.6. The molecule has 0 aliphatic carbocycles. The quantitative estimate of drug-likeness (QED) is 0.204. The highest BCUT2D eigenvalue weighted by molar-refractivity contribution is 6.34. The van der Waals surface area contributed by atoms with Gasteiger partial charge >= 0.3 is 11.8 Å². The molecule has 0 bridgehead atoms. The van der Waals surface area contributed by atoms with Crippen molar-refractivity contribution in [3.63, 3.8) is 0 Å². The van der Waals surface area contributed by atoms with E-state index in [1.54, 1.807) is 0 Å². The lowest BCUT2D eigenvalue weighted by atomic mass is 10.3. The molecule has 28 heavy (non-hydrogen) atoms. The van der Waals surface area contributed by atoms with E-state index in [9.17, 15) is 19.2 Å². The molecule has 1 aromatic carbocycles. The highest BCUT2D eigenvalue weighted by atomic mass is 35.5. The number of aliphatic imine (C=N–C) groups is 1. The van der Waals surface area contributed by atoms with E-state index in [2.05, 4.69) is 25.3 Å². The number of nitrogens with one attached hydrogen (secondary N) is 2. The Labute approximate surface area is 163 Å². The molecule has 0 unspecified atom stereocenters. The van der Waals surface area contributed by atoms with Crippen LogP contribution in [0.4, 0.5) is 10.1 Å². The van der Waals surface area contributed by atoms with Gasteiger partial charge in [0, 0.05) is 14.1 Å². The highest BCUT2D eigenvalue weighted by Gasteiger charge is 2.19. The minimum absolute atomic E-state index is 0.00267. The SMILES string of the molecule is CN(C)C(=O)C(=O)NCCOc1nonc1C(=Nc1ccc(F)c(Cl)c1)NO. The van der Waals surface area contributed by atoms with Crippen molar-refractivity contribution in [2.24, 2.45) is 4.99 Å². The van der Waals surface area contributed by atoms with Crippen LogP contribution in [0, 0.1) is 5.82 Å². The van der Waals surface area contributed by atoms with E-state index in [4.69, 9.17) is 16.3 Å². The number of hydrogen-bond donors (Lipinski definition) is 3. The highest BCUT2D eigenvalue weighted by Crippen LogP contribution is 2.23. The fourth-order valence-electron chi connectivity index (χ4n) is 1.83. The number of rotatable bonds is 6. The van der Waals surface area contributed by atoms with E-state index in [0.29, 0.717) is 0 Å². The zero-order valence-corrected chi connectivity index (χ0v) is 15.5. The Morgan fingerprint density at radius 3 is 2.79 bits per heavy atom. The van der Waals surface area contributed by atoms with Crippen molar-refractivity contribution in [3.8, 4) is 5.88 Å². The van der Waals surface area contributed by atoms with Gasteiger partial charge in [-0.3, -0.25) is 20.3 Å². The number of aromatic nitrogens is 2. The van der Waals surface area contributed by atoms with Crippen LogP contribution in [0.1, 0.15) is 5.69 Å². The molecule has 0 aliphatic heterocycles. The van der Waals surface area contributed by atoms with E-state index in [0.717, 1.165) is 11.0 Å². The molecule has 0 radical (unpaired) electrons. The van der Waals surface area contributed by atoms with Crippen LogP contribution in [0.5, 0.6) is 5.88 Å². The van der Waals surface area contributed by atoms with Crippen LogP contribution in [0.15, 0.2) is 27.8 Å². The van der Waals surface area contributed by atoms with Crippen molar-refractivity contribution in [2.45, 2.75) is 0 Å². The van der Waals surface area contributed by atoms with E-state index in [-0.39, 0.29) is 41.3 Å². The van der Waals surface area contributed by atoms with Gasteiger partial charge in [-0.15, -0.1) is 0 Å². The number of halogens is 2. The van der Waals surface area contributed by atoms with Gasteiger partial charge in [-0.1, -0.05) is 11.6 Å². The normalized spacial score (nSPS) is 11.1. The molecule has 0 saturated carbocycles. The molecule has 0 spiro atoms. The summed E-state index contributed by atoms with van der Waals surface area (Å²) >= 11 is 5.69. The molecule has 13 heteroatoms. The van der Waals surface area contributed by atoms with Gasteiger partial charge in [0.1, 0.15) is 12.4 Å². The second kappa shape index (κ2) is 9.62. The largest absolute Gasteiger partial charge is 0.472 e. The Bertz CT molecular complexity index is 888. The number of hydrogen-bond acceptors (Lipinski definition) is 8. The summed E-state index contributed by atoms with van der Waals surface area (Å²) < 4.78 is 23.1. The lowest BCUT2D eigenvalue weighted by Gasteiger charge is -2.10. The molecule has 1 aromatic heterocycles. The number of benzene rings is 1. The number of carbonyl (C=O) groups excluding carboxylic acids is 2. The van der Waals surface area contributed by atoms with Crippen molar-refractivity contribution in [3.05, 3.63) is 34.7 Å². The maximum absolute atomic E-state index is 13.2. The van der Waals surface area contributed by atoms with Gasteiger partial charge < -0.3 is 15.0 Å². The number of ether oxygens (including phenoxy) is 1. The molecule has 2 aromatic rings. The number of likely N-dealkylation sites (N-methyl/N-ethyl adjacent to an activating group) is 1. The van der Waals surface area contributed by atoms with Gasteiger partial charge in [0.2, 0.25) is 5.69 Å². The fraction of sp³-hybridized carbons (Fsp3) is 0.267. The number of carbonyl (C=O) groups is 2. The predicted molar refractivity (Wildman–Crippen MR) is 94.0 cm³/mol. The second-order valence-electron chi connectivity index (χ2n) is 5.39. The number of amides is 2. The lowest BCUT2D eigenvalue weighted by Crippen LogP contribution is -2.40. The fourth-order valence-corrected chi connectivity index (χ4v) is 2.00. The van der Waals surface area contributed by atoms with Crippen molar-refractivity contribution in [1.82, 2.24) is 26.0 Å². The molecule has 1 heterocycles. The molecule has 0 atom stereocenters. The predicted octanol–water partition coefficient (Wildman–Crippen LogP) is 0.502. The first-order chi connectivity index (χ1) is 13.3. The summed E-state index contributed by atoms with van der Waals surface area (Å²) in [7, 11) is 2.89. The topological polar surface area (TPSA) is 142 Å². The average Bonchev–Trinajstić information content (AvgIpc) is 3.13. The molecule has 0 aliphatic rings. The first-order valence-electron chi connectivity index (χ1n) is 7.72. The molecule has 3 N–H and O–H groups in total. The summed E-state index contributed by atoms with van der Waals surface area (Å²) in [6.45, 7) is -0.0773. The molecule has 11 nitrogen and oxygen atoms in total. The van der Waals surface area contributed by atoms with E-state index >= 15 is 0 Å². The maximum Gasteiger partial charge on any atom is 0.311 e. The number of hydroxylamine groups is 1. The van der Waals surface area contributed by atoms with Crippen LogP contribution in [-0.2, 0) is 9.59 Å². The van der Waals surface area contributed by atoms with Crippen molar-refractivity contribution >= 4 is 34.9 Å². The molecule has 0 fully saturated rings. The minimum atomic E-state index is -0.792. The number of amidine groups is 1. The average molecular weight is 415 g/mol. The van der Waals surface area contributed by atoms with Crippen molar-refractivity contribution < 1.29 is 28.6 Å². The first kappa shape index (κ1) is 21.1. The van der Waals surface area contributed by atoms with Gasteiger partial charge in [0.25, 0.3) is 5.88 Å². The van der Waals surface area contributed by atoms with Crippen LogP contribution >= 0.6 is 11.6 Å². The van der Waals surface area contributed by atoms with Gasteiger partial charge in [0.05, 0.1) is 17.3 Å². The van der Waals surface area contributed by atoms with Crippen LogP contribution in [0.2, 0.25) is 5.02 Å². The van der Waals surface area contributed by atoms with Crippen LogP contribution in [0.3, 0.4) is 0 Å². The molecule has 150 valence electrons. The molecule has 2 rings (SSSR count). The van der Waals surface area contributed by atoms with Crippen LogP contribution in [0.25, 0.3) is 0 Å². The van der Waals surface area contributed by atoms with E-state index < -0.39 is 17.6 Å². The third kappa shape index (κ3) is 5.37. The van der Waals surface area contributed by atoms with Gasteiger partial charge in [-0.2, -0.15) is 0 Å². The van der Waals surface area contributed by atoms with E-state index in [1.165, 1.54) is 26.2 Å². The summed E-state index contributed by atoms with van der Waals surface area (Å²) in [5.74, 6) is -2.46.